The van der Waals surface area contributed by atoms with Gasteiger partial charge in [-0.25, -0.2) is 4.98 Å². The lowest BCUT2D eigenvalue weighted by Gasteiger charge is -2.42. The Morgan fingerprint density at radius 3 is 2.56 bits per heavy atom. The van der Waals surface area contributed by atoms with Crippen LogP contribution in [0.25, 0.3) is 10.8 Å². The summed E-state index contributed by atoms with van der Waals surface area (Å²) in [7, 11) is 3.67. The first-order valence-corrected chi connectivity index (χ1v) is 9.49. The highest BCUT2D eigenvalue weighted by Crippen LogP contribution is 2.33. The standard InChI is InChI=1S/C22H26N4O/c1-24(2)21(27)22(26-15-12-23-17-26)10-13-25(14-11-22)16-19-8-5-7-18-6-3-4-9-20(18)19/h3-9,12,15,17H,10-11,13-14,16H2,1-2H3. The maximum atomic E-state index is 13.0. The van der Waals surface area contributed by atoms with Crippen molar-refractivity contribution in [1.29, 1.82) is 0 Å². The van der Waals surface area contributed by atoms with Crippen LogP contribution in [0.15, 0.2) is 61.2 Å². The molecule has 5 nitrogen and oxygen atoms in total. The van der Waals surface area contributed by atoms with Crippen LogP contribution in [-0.4, -0.2) is 52.4 Å². The van der Waals surface area contributed by atoms with E-state index in [1.807, 2.05) is 24.9 Å². The first kappa shape index (κ1) is 17.7. The largest absolute Gasteiger partial charge is 0.347 e. The highest BCUT2D eigenvalue weighted by atomic mass is 16.2. The fourth-order valence-electron chi connectivity index (χ4n) is 4.26. The zero-order valence-corrected chi connectivity index (χ0v) is 16.0. The Labute approximate surface area is 160 Å². The van der Waals surface area contributed by atoms with Crippen molar-refractivity contribution in [2.75, 3.05) is 27.2 Å². The van der Waals surface area contributed by atoms with Crippen LogP contribution in [0.5, 0.6) is 0 Å². The lowest BCUT2D eigenvalue weighted by atomic mass is 9.85. The molecule has 4 rings (SSSR count). The molecule has 1 fully saturated rings. The normalized spacial score (nSPS) is 17.1. The van der Waals surface area contributed by atoms with E-state index in [-0.39, 0.29) is 5.91 Å². The minimum absolute atomic E-state index is 0.158. The summed E-state index contributed by atoms with van der Waals surface area (Å²) in [6.45, 7) is 2.69. The molecule has 140 valence electrons. The van der Waals surface area contributed by atoms with Gasteiger partial charge in [-0.3, -0.25) is 9.69 Å². The maximum absolute atomic E-state index is 13.0. The van der Waals surface area contributed by atoms with E-state index in [0.717, 1.165) is 32.5 Å². The molecule has 2 heterocycles. The first-order chi connectivity index (χ1) is 13.1. The zero-order valence-electron chi connectivity index (χ0n) is 16.0. The zero-order chi connectivity index (χ0) is 18.9. The molecule has 1 aliphatic rings. The van der Waals surface area contributed by atoms with Gasteiger partial charge in [0.2, 0.25) is 5.91 Å². The van der Waals surface area contributed by atoms with Crippen LogP contribution in [0.3, 0.4) is 0 Å². The van der Waals surface area contributed by atoms with Crippen molar-refractivity contribution >= 4 is 16.7 Å². The fraction of sp³-hybridized carbons (Fsp3) is 0.364. The first-order valence-electron chi connectivity index (χ1n) is 9.49. The lowest BCUT2D eigenvalue weighted by Crippen LogP contribution is -2.54. The van der Waals surface area contributed by atoms with Crippen LogP contribution < -0.4 is 0 Å². The Bertz CT molecular complexity index is 919. The van der Waals surface area contributed by atoms with Crippen molar-refractivity contribution in [2.45, 2.75) is 24.9 Å². The van der Waals surface area contributed by atoms with Gasteiger partial charge in [-0.1, -0.05) is 42.5 Å². The van der Waals surface area contributed by atoms with Gasteiger partial charge < -0.3 is 9.47 Å². The highest BCUT2D eigenvalue weighted by Gasteiger charge is 2.43. The maximum Gasteiger partial charge on any atom is 0.248 e. The number of imidazole rings is 1. The molecule has 0 radical (unpaired) electrons. The lowest BCUT2D eigenvalue weighted by molar-refractivity contribution is -0.141. The third-order valence-corrected chi connectivity index (χ3v) is 5.76. The van der Waals surface area contributed by atoms with Crippen LogP contribution in [0.2, 0.25) is 0 Å². The third kappa shape index (κ3) is 3.23. The van der Waals surface area contributed by atoms with Crippen molar-refractivity contribution in [3.8, 4) is 0 Å². The van der Waals surface area contributed by atoms with Crippen LogP contribution >= 0.6 is 0 Å². The average Bonchev–Trinajstić information content (AvgIpc) is 3.24. The van der Waals surface area contributed by atoms with Gasteiger partial charge in [0.15, 0.2) is 0 Å². The fourth-order valence-corrected chi connectivity index (χ4v) is 4.26. The average molecular weight is 362 g/mol. The number of nitrogens with zero attached hydrogens (tertiary/aromatic N) is 4. The number of likely N-dealkylation sites (tertiary alicyclic amines) is 1. The van der Waals surface area contributed by atoms with Gasteiger partial charge in [0.25, 0.3) is 0 Å². The SMILES string of the molecule is CN(C)C(=O)C1(n2ccnc2)CCN(Cc2cccc3ccccc23)CC1. The van der Waals surface area contributed by atoms with Crippen molar-refractivity contribution < 1.29 is 4.79 Å². The molecule has 3 aromatic rings. The van der Waals surface area contributed by atoms with Crippen LogP contribution in [0.4, 0.5) is 0 Å². The number of carbonyl (C=O) groups excluding carboxylic acids is 1. The quantitative estimate of drug-likeness (QED) is 0.716. The number of fused-ring (bicyclic) bond motifs is 1. The van der Waals surface area contributed by atoms with E-state index in [0.29, 0.717) is 0 Å². The molecule has 2 aromatic carbocycles. The van der Waals surface area contributed by atoms with Gasteiger partial charge in [-0.2, -0.15) is 0 Å². The van der Waals surface area contributed by atoms with Crippen molar-refractivity contribution in [1.82, 2.24) is 19.4 Å². The second-order valence-electron chi connectivity index (χ2n) is 7.62. The summed E-state index contributed by atoms with van der Waals surface area (Å²) in [5, 5.41) is 2.60. The Hall–Kier alpha value is -2.66. The summed E-state index contributed by atoms with van der Waals surface area (Å²) in [6.07, 6.45) is 7.05. The number of rotatable bonds is 4. The molecular formula is C22H26N4O. The van der Waals surface area contributed by atoms with Crippen LogP contribution in [-0.2, 0) is 16.9 Å². The second kappa shape index (κ2) is 7.16. The van der Waals surface area contributed by atoms with Crippen molar-refractivity contribution in [3.05, 3.63) is 66.7 Å². The summed E-state index contributed by atoms with van der Waals surface area (Å²) in [5.74, 6) is 0.158. The van der Waals surface area contributed by atoms with E-state index >= 15 is 0 Å². The molecule has 0 unspecified atom stereocenters. The monoisotopic (exact) mass is 362 g/mol. The van der Waals surface area contributed by atoms with E-state index in [2.05, 4.69) is 52.3 Å². The molecule has 0 saturated carbocycles. The molecule has 1 aromatic heterocycles. The van der Waals surface area contributed by atoms with E-state index in [4.69, 9.17) is 0 Å². The number of aromatic nitrogens is 2. The summed E-state index contributed by atoms with van der Waals surface area (Å²) >= 11 is 0. The molecule has 0 atom stereocenters. The smallest absolute Gasteiger partial charge is 0.248 e. The number of amides is 1. The number of carbonyl (C=O) groups is 1. The van der Waals surface area contributed by atoms with E-state index in [1.54, 1.807) is 17.4 Å². The van der Waals surface area contributed by atoms with Gasteiger partial charge in [0.1, 0.15) is 5.54 Å². The number of hydrogen-bond donors (Lipinski definition) is 0. The van der Waals surface area contributed by atoms with Gasteiger partial charge in [0, 0.05) is 46.1 Å². The van der Waals surface area contributed by atoms with E-state index in [9.17, 15) is 4.79 Å². The molecule has 27 heavy (non-hydrogen) atoms. The van der Waals surface area contributed by atoms with Gasteiger partial charge in [-0.05, 0) is 29.2 Å². The molecule has 0 aliphatic carbocycles. The minimum atomic E-state index is -0.519. The highest BCUT2D eigenvalue weighted by molar-refractivity contribution is 5.86. The Morgan fingerprint density at radius 2 is 1.85 bits per heavy atom. The predicted octanol–water partition coefficient (Wildman–Crippen LogP) is 3.12. The number of likely N-dealkylation sites (N-methyl/N-ethyl adjacent to an activating group) is 1. The molecule has 1 saturated heterocycles. The molecule has 0 spiro atoms. The predicted molar refractivity (Wildman–Crippen MR) is 107 cm³/mol. The number of hydrogen-bond acceptors (Lipinski definition) is 3. The second-order valence-corrected chi connectivity index (χ2v) is 7.62. The molecular weight excluding hydrogens is 336 g/mol. The van der Waals surface area contributed by atoms with Gasteiger partial charge in [0.05, 0.1) is 6.33 Å². The van der Waals surface area contributed by atoms with Gasteiger partial charge >= 0.3 is 0 Å². The molecule has 1 amide bonds. The number of piperidine rings is 1. The summed E-state index contributed by atoms with van der Waals surface area (Å²) in [4.78, 5) is 21.4. The van der Waals surface area contributed by atoms with Crippen LogP contribution in [0, 0.1) is 0 Å². The topological polar surface area (TPSA) is 41.4 Å². The summed E-state index contributed by atoms with van der Waals surface area (Å²) in [6, 6.07) is 15.0. The van der Waals surface area contributed by atoms with Crippen molar-refractivity contribution in [3.63, 3.8) is 0 Å². The number of benzene rings is 2. The summed E-state index contributed by atoms with van der Waals surface area (Å²) < 4.78 is 2.00. The minimum Gasteiger partial charge on any atom is -0.347 e. The third-order valence-electron chi connectivity index (χ3n) is 5.76. The summed E-state index contributed by atoms with van der Waals surface area (Å²) in [5.41, 5.74) is 0.831. The van der Waals surface area contributed by atoms with Crippen LogP contribution in [0.1, 0.15) is 18.4 Å². The van der Waals surface area contributed by atoms with E-state index in [1.165, 1.54) is 16.3 Å². The van der Waals surface area contributed by atoms with Crippen molar-refractivity contribution in [2.24, 2.45) is 0 Å². The molecule has 5 heteroatoms. The van der Waals surface area contributed by atoms with E-state index < -0.39 is 5.54 Å². The Balaban J connectivity index is 1.54. The Kier molecular flexibility index (Phi) is 4.70. The molecule has 1 aliphatic heterocycles. The molecule has 0 N–H and O–H groups in total. The molecule has 0 bridgehead atoms. The van der Waals surface area contributed by atoms with Gasteiger partial charge in [-0.15, -0.1) is 0 Å². The Morgan fingerprint density at radius 1 is 1.11 bits per heavy atom.